The van der Waals surface area contributed by atoms with Crippen molar-refractivity contribution in [1.29, 1.82) is 0 Å². The summed E-state index contributed by atoms with van der Waals surface area (Å²) in [5, 5.41) is 0.783. The van der Waals surface area contributed by atoms with Gasteiger partial charge in [-0.2, -0.15) is 0 Å². The van der Waals surface area contributed by atoms with Crippen molar-refractivity contribution in [2.75, 3.05) is 18.0 Å². The molecular formula is C17H29ClN2. The summed E-state index contributed by atoms with van der Waals surface area (Å²) in [6.07, 6.45) is 1.79. The van der Waals surface area contributed by atoms with E-state index in [1.165, 1.54) is 13.1 Å². The summed E-state index contributed by atoms with van der Waals surface area (Å²) in [5.74, 6) is 4.64. The summed E-state index contributed by atoms with van der Waals surface area (Å²) in [6, 6.07) is 3.80. The van der Waals surface area contributed by atoms with Gasteiger partial charge in [0.2, 0.25) is 0 Å². The van der Waals surface area contributed by atoms with Crippen molar-refractivity contribution in [2.24, 2.45) is 23.7 Å². The summed E-state index contributed by atoms with van der Waals surface area (Å²) in [6.45, 7) is 15.0. The largest absolute Gasteiger partial charge is 0.356 e. The third-order valence-electron chi connectivity index (χ3n) is 4.06. The first-order valence-corrected chi connectivity index (χ1v) is 8.41. The molecule has 1 aliphatic heterocycles. The zero-order valence-corrected chi connectivity index (χ0v) is 14.5. The average molecular weight is 297 g/mol. The van der Waals surface area contributed by atoms with Crippen molar-refractivity contribution in [3.8, 4) is 0 Å². The number of pyridine rings is 1. The Hall–Kier alpha value is -0.760. The molecule has 2 fully saturated rings. The van der Waals surface area contributed by atoms with Crippen molar-refractivity contribution in [2.45, 2.75) is 41.5 Å². The minimum absolute atomic E-state index is 0.783. The minimum atomic E-state index is 0.783. The molecule has 0 N–H and O–H groups in total. The molecule has 3 rings (SSSR count). The van der Waals surface area contributed by atoms with Crippen LogP contribution in [-0.2, 0) is 0 Å². The van der Waals surface area contributed by atoms with E-state index in [9.17, 15) is 0 Å². The fourth-order valence-electron chi connectivity index (χ4n) is 3.31. The van der Waals surface area contributed by atoms with Crippen molar-refractivity contribution in [3.05, 3.63) is 23.4 Å². The molecular weight excluding hydrogens is 268 g/mol. The smallest absolute Gasteiger partial charge is 0.129 e. The fourth-order valence-corrected chi connectivity index (χ4v) is 3.47. The standard InChI is InChI=1S/C13H17ClN2.2C2H6/c1-8(2)13-10-6-16(7-11(10)13)12-5-9(14)3-4-15-12;2*1-2/h3-5,8,10-11,13H,6-7H2,1-2H3;2*1-2H3. The first-order valence-electron chi connectivity index (χ1n) is 8.03. The Labute approximate surface area is 129 Å². The van der Waals surface area contributed by atoms with Crippen LogP contribution in [0.2, 0.25) is 5.02 Å². The first kappa shape index (κ1) is 17.3. The number of rotatable bonds is 2. The summed E-state index contributed by atoms with van der Waals surface area (Å²) in [5.41, 5.74) is 0. The van der Waals surface area contributed by atoms with E-state index in [0.29, 0.717) is 0 Å². The Kier molecular flexibility index (Phi) is 6.81. The Bertz CT molecular complexity index is 394. The number of halogens is 1. The highest BCUT2D eigenvalue weighted by Crippen LogP contribution is 2.55. The molecule has 0 amide bonds. The van der Waals surface area contributed by atoms with Gasteiger partial charge in [0, 0.05) is 24.3 Å². The number of piperidine rings is 1. The lowest BCUT2D eigenvalue weighted by Crippen LogP contribution is -2.25. The highest BCUT2D eigenvalue weighted by Gasteiger charge is 2.56. The van der Waals surface area contributed by atoms with Crippen LogP contribution in [0.3, 0.4) is 0 Å². The van der Waals surface area contributed by atoms with E-state index in [4.69, 9.17) is 11.6 Å². The van der Waals surface area contributed by atoms with Gasteiger partial charge in [0.05, 0.1) is 0 Å². The Morgan fingerprint density at radius 2 is 1.70 bits per heavy atom. The van der Waals surface area contributed by atoms with E-state index >= 15 is 0 Å². The molecule has 1 aromatic heterocycles. The topological polar surface area (TPSA) is 16.1 Å². The highest BCUT2D eigenvalue weighted by atomic mass is 35.5. The quantitative estimate of drug-likeness (QED) is 0.752. The average Bonchev–Trinajstić information content (AvgIpc) is 2.99. The van der Waals surface area contributed by atoms with E-state index in [-0.39, 0.29) is 0 Å². The molecule has 3 heteroatoms. The molecule has 1 aromatic rings. The molecule has 2 atom stereocenters. The summed E-state index contributed by atoms with van der Waals surface area (Å²) >= 11 is 5.98. The van der Waals surface area contributed by atoms with Crippen LogP contribution in [0.5, 0.6) is 0 Å². The van der Waals surface area contributed by atoms with Crippen LogP contribution in [0.1, 0.15) is 41.5 Å². The van der Waals surface area contributed by atoms with Crippen LogP contribution in [0.15, 0.2) is 18.3 Å². The zero-order valence-electron chi connectivity index (χ0n) is 13.7. The molecule has 1 saturated carbocycles. The molecule has 2 unspecified atom stereocenters. The predicted octanol–water partition coefficient (Wildman–Crippen LogP) is 5.13. The number of nitrogens with zero attached hydrogens (tertiary/aromatic N) is 2. The molecule has 0 bridgehead atoms. The van der Waals surface area contributed by atoms with Crippen molar-refractivity contribution in [1.82, 2.24) is 4.98 Å². The van der Waals surface area contributed by atoms with Gasteiger partial charge in [-0.25, -0.2) is 4.98 Å². The number of aromatic nitrogens is 1. The molecule has 2 nitrogen and oxygen atoms in total. The molecule has 0 radical (unpaired) electrons. The second-order valence-electron chi connectivity index (χ2n) is 5.39. The van der Waals surface area contributed by atoms with Gasteiger partial charge >= 0.3 is 0 Å². The third-order valence-corrected chi connectivity index (χ3v) is 4.30. The zero-order chi connectivity index (χ0) is 15.3. The van der Waals surface area contributed by atoms with Gasteiger partial charge in [0.15, 0.2) is 0 Å². The predicted molar refractivity (Wildman–Crippen MR) is 89.5 cm³/mol. The SMILES string of the molecule is CC.CC.CC(C)C1C2CN(c3cc(Cl)ccn3)CC21. The molecule has 0 aromatic carbocycles. The molecule has 0 spiro atoms. The lowest BCUT2D eigenvalue weighted by molar-refractivity contribution is 0.479. The number of hydrogen-bond donors (Lipinski definition) is 0. The van der Waals surface area contributed by atoms with Crippen molar-refractivity contribution < 1.29 is 0 Å². The highest BCUT2D eigenvalue weighted by molar-refractivity contribution is 6.30. The lowest BCUT2D eigenvalue weighted by atomic mass is 10.0. The van der Waals surface area contributed by atoms with Crippen molar-refractivity contribution >= 4 is 17.4 Å². The normalized spacial score (nSPS) is 26.2. The Balaban J connectivity index is 0.000000461. The van der Waals surface area contributed by atoms with E-state index in [1.807, 2.05) is 39.8 Å². The van der Waals surface area contributed by atoms with E-state index in [1.54, 1.807) is 6.20 Å². The van der Waals surface area contributed by atoms with Gasteiger partial charge in [-0.15, -0.1) is 0 Å². The van der Waals surface area contributed by atoms with E-state index in [0.717, 1.165) is 34.5 Å². The summed E-state index contributed by atoms with van der Waals surface area (Å²) < 4.78 is 0. The minimum Gasteiger partial charge on any atom is -0.356 e. The second-order valence-corrected chi connectivity index (χ2v) is 5.82. The van der Waals surface area contributed by atoms with E-state index in [2.05, 4.69) is 23.7 Å². The van der Waals surface area contributed by atoms with Crippen molar-refractivity contribution in [3.63, 3.8) is 0 Å². The maximum atomic E-state index is 5.98. The molecule has 1 saturated heterocycles. The first-order chi connectivity index (χ1) is 9.66. The summed E-state index contributed by atoms with van der Waals surface area (Å²) in [7, 11) is 0. The summed E-state index contributed by atoms with van der Waals surface area (Å²) in [4.78, 5) is 6.76. The monoisotopic (exact) mass is 296 g/mol. The lowest BCUT2D eigenvalue weighted by Gasteiger charge is -2.21. The van der Waals surface area contributed by atoms with Gasteiger partial charge in [-0.3, -0.25) is 0 Å². The van der Waals surface area contributed by atoms with Crippen LogP contribution in [-0.4, -0.2) is 18.1 Å². The fraction of sp³-hybridized carbons (Fsp3) is 0.706. The second kappa shape index (κ2) is 7.87. The molecule has 114 valence electrons. The molecule has 1 aliphatic carbocycles. The van der Waals surface area contributed by atoms with Gasteiger partial charge in [-0.1, -0.05) is 53.1 Å². The van der Waals surface area contributed by atoms with Crippen LogP contribution in [0.4, 0.5) is 5.82 Å². The van der Waals surface area contributed by atoms with Gasteiger partial charge < -0.3 is 4.90 Å². The molecule has 20 heavy (non-hydrogen) atoms. The number of anilines is 1. The maximum absolute atomic E-state index is 5.98. The molecule has 2 heterocycles. The Morgan fingerprint density at radius 3 is 2.15 bits per heavy atom. The third kappa shape index (κ3) is 3.66. The molecule has 2 aliphatic rings. The van der Waals surface area contributed by atoms with Crippen LogP contribution in [0, 0.1) is 23.7 Å². The number of hydrogen-bond acceptors (Lipinski definition) is 2. The Morgan fingerprint density at radius 1 is 1.15 bits per heavy atom. The van der Waals surface area contributed by atoms with Gasteiger partial charge in [0.25, 0.3) is 0 Å². The number of fused-ring (bicyclic) bond motifs is 1. The van der Waals surface area contributed by atoms with Gasteiger partial charge in [0.1, 0.15) is 5.82 Å². The van der Waals surface area contributed by atoms with Crippen LogP contribution < -0.4 is 4.90 Å². The van der Waals surface area contributed by atoms with Gasteiger partial charge in [-0.05, 0) is 35.8 Å². The maximum Gasteiger partial charge on any atom is 0.129 e. The van der Waals surface area contributed by atoms with Crippen LogP contribution in [0.25, 0.3) is 0 Å². The van der Waals surface area contributed by atoms with Crippen LogP contribution >= 0.6 is 11.6 Å². The van der Waals surface area contributed by atoms with E-state index < -0.39 is 0 Å².